The first-order chi connectivity index (χ1) is 11.0. The number of thioether (sulfide) groups is 1. The van der Waals surface area contributed by atoms with Crippen LogP contribution in [0.25, 0.3) is 0 Å². The van der Waals surface area contributed by atoms with Crippen LogP contribution in [0.3, 0.4) is 0 Å². The van der Waals surface area contributed by atoms with Gasteiger partial charge in [-0.05, 0) is 37.1 Å². The van der Waals surface area contributed by atoms with Gasteiger partial charge in [0.25, 0.3) is 5.91 Å². The SMILES string of the molecule is CC(=O)C(NC(=O)c1ccc(CSc2ccccn2)o1)C(C)C. The van der Waals surface area contributed by atoms with Gasteiger partial charge in [0.15, 0.2) is 11.5 Å². The lowest BCUT2D eigenvalue weighted by molar-refractivity contribution is -0.119. The molecule has 0 aromatic carbocycles. The van der Waals surface area contributed by atoms with Crippen molar-refractivity contribution in [3.8, 4) is 0 Å². The summed E-state index contributed by atoms with van der Waals surface area (Å²) >= 11 is 1.53. The molecule has 0 bridgehead atoms. The zero-order valence-corrected chi connectivity index (χ0v) is 14.2. The van der Waals surface area contributed by atoms with Crippen LogP contribution in [0.15, 0.2) is 46.0 Å². The number of hydrogen-bond acceptors (Lipinski definition) is 5. The highest BCUT2D eigenvalue weighted by Crippen LogP contribution is 2.21. The summed E-state index contributed by atoms with van der Waals surface area (Å²) < 4.78 is 5.56. The van der Waals surface area contributed by atoms with Crippen molar-refractivity contribution in [1.82, 2.24) is 10.3 Å². The average Bonchev–Trinajstić information content (AvgIpc) is 3.00. The van der Waals surface area contributed by atoms with E-state index in [1.807, 2.05) is 32.0 Å². The number of rotatable bonds is 7. The van der Waals surface area contributed by atoms with Crippen LogP contribution in [0.4, 0.5) is 0 Å². The van der Waals surface area contributed by atoms with Gasteiger partial charge in [-0.1, -0.05) is 31.7 Å². The van der Waals surface area contributed by atoms with Crippen LogP contribution in [-0.4, -0.2) is 22.7 Å². The van der Waals surface area contributed by atoms with Crippen molar-refractivity contribution >= 4 is 23.5 Å². The molecule has 0 spiro atoms. The normalized spacial score (nSPS) is 12.2. The topological polar surface area (TPSA) is 72.2 Å². The zero-order chi connectivity index (χ0) is 16.8. The van der Waals surface area contributed by atoms with E-state index in [1.165, 1.54) is 18.7 Å². The Balaban J connectivity index is 1.95. The molecule has 1 unspecified atom stereocenters. The molecule has 0 aliphatic carbocycles. The van der Waals surface area contributed by atoms with Crippen LogP contribution in [0.5, 0.6) is 0 Å². The van der Waals surface area contributed by atoms with E-state index in [-0.39, 0.29) is 23.4 Å². The second kappa shape index (κ2) is 7.97. The van der Waals surface area contributed by atoms with E-state index >= 15 is 0 Å². The number of carbonyl (C=O) groups is 2. The summed E-state index contributed by atoms with van der Waals surface area (Å²) in [7, 11) is 0. The van der Waals surface area contributed by atoms with Gasteiger partial charge in [0.2, 0.25) is 0 Å². The Morgan fingerprint density at radius 2 is 2.04 bits per heavy atom. The van der Waals surface area contributed by atoms with Crippen molar-refractivity contribution < 1.29 is 14.0 Å². The Bertz CT molecular complexity index is 667. The Morgan fingerprint density at radius 3 is 2.65 bits per heavy atom. The molecule has 1 atom stereocenters. The summed E-state index contributed by atoms with van der Waals surface area (Å²) in [5.41, 5.74) is 0. The van der Waals surface area contributed by atoms with Gasteiger partial charge in [-0.2, -0.15) is 0 Å². The Morgan fingerprint density at radius 1 is 1.26 bits per heavy atom. The molecule has 2 aromatic rings. The van der Waals surface area contributed by atoms with Crippen molar-refractivity contribution in [2.45, 2.75) is 37.6 Å². The third kappa shape index (κ3) is 4.96. The Kier molecular flexibility index (Phi) is 5.98. The fourth-order valence-corrected chi connectivity index (χ4v) is 2.86. The molecule has 1 N–H and O–H groups in total. The summed E-state index contributed by atoms with van der Waals surface area (Å²) in [6.45, 7) is 5.26. The van der Waals surface area contributed by atoms with E-state index in [0.29, 0.717) is 11.5 Å². The number of Topliss-reactive ketones (excluding diaryl/α,β-unsaturated/α-hetero) is 1. The first-order valence-electron chi connectivity index (χ1n) is 7.41. The fraction of sp³-hybridized carbons (Fsp3) is 0.353. The van der Waals surface area contributed by atoms with Gasteiger partial charge in [-0.15, -0.1) is 0 Å². The molecule has 0 aliphatic heterocycles. The number of ketones is 1. The number of aromatic nitrogens is 1. The minimum atomic E-state index is -0.501. The number of nitrogens with one attached hydrogen (secondary N) is 1. The molecule has 0 fully saturated rings. The molecule has 122 valence electrons. The lowest BCUT2D eigenvalue weighted by Gasteiger charge is -2.18. The highest BCUT2D eigenvalue weighted by atomic mass is 32.2. The summed E-state index contributed by atoms with van der Waals surface area (Å²) in [6, 6.07) is 8.59. The molecule has 0 saturated carbocycles. The molecule has 0 radical (unpaired) electrons. The predicted molar refractivity (Wildman–Crippen MR) is 89.3 cm³/mol. The largest absolute Gasteiger partial charge is 0.455 e. The molecule has 2 rings (SSSR count). The number of amides is 1. The molecular weight excluding hydrogens is 312 g/mol. The summed E-state index contributed by atoms with van der Waals surface area (Å²) in [5, 5.41) is 3.61. The maximum Gasteiger partial charge on any atom is 0.287 e. The van der Waals surface area contributed by atoms with E-state index in [9.17, 15) is 9.59 Å². The fourth-order valence-electron chi connectivity index (χ4n) is 2.11. The van der Waals surface area contributed by atoms with E-state index in [2.05, 4.69) is 10.3 Å². The minimum Gasteiger partial charge on any atom is -0.455 e. The van der Waals surface area contributed by atoms with Crippen LogP contribution < -0.4 is 5.32 Å². The highest BCUT2D eigenvalue weighted by Gasteiger charge is 2.22. The van der Waals surface area contributed by atoms with Crippen LogP contribution in [-0.2, 0) is 10.5 Å². The van der Waals surface area contributed by atoms with Crippen molar-refractivity contribution in [3.63, 3.8) is 0 Å². The van der Waals surface area contributed by atoms with Gasteiger partial charge < -0.3 is 9.73 Å². The monoisotopic (exact) mass is 332 g/mol. The van der Waals surface area contributed by atoms with Crippen molar-refractivity contribution in [2.75, 3.05) is 0 Å². The third-order valence-corrected chi connectivity index (χ3v) is 4.24. The van der Waals surface area contributed by atoms with Crippen LogP contribution in [0.2, 0.25) is 0 Å². The maximum atomic E-state index is 12.2. The molecular formula is C17H20N2O3S. The average molecular weight is 332 g/mol. The summed E-state index contributed by atoms with van der Waals surface area (Å²) in [6.07, 6.45) is 1.73. The lowest BCUT2D eigenvalue weighted by Crippen LogP contribution is -2.43. The van der Waals surface area contributed by atoms with E-state index in [0.717, 1.165) is 5.03 Å². The standard InChI is InChI=1S/C17H20N2O3S/c1-11(2)16(12(3)20)19-17(21)14-8-7-13(22-14)10-23-15-6-4-5-9-18-15/h4-9,11,16H,10H2,1-3H3,(H,19,21). The number of hydrogen-bond donors (Lipinski definition) is 1. The van der Waals surface area contributed by atoms with Crippen LogP contribution >= 0.6 is 11.8 Å². The van der Waals surface area contributed by atoms with Crippen molar-refractivity contribution in [1.29, 1.82) is 0 Å². The molecule has 5 nitrogen and oxygen atoms in total. The highest BCUT2D eigenvalue weighted by molar-refractivity contribution is 7.98. The van der Waals surface area contributed by atoms with Gasteiger partial charge in [-0.25, -0.2) is 4.98 Å². The van der Waals surface area contributed by atoms with Crippen molar-refractivity contribution in [2.24, 2.45) is 5.92 Å². The minimum absolute atomic E-state index is 0.0330. The summed E-state index contributed by atoms with van der Waals surface area (Å²) in [4.78, 5) is 28.0. The molecule has 1 amide bonds. The molecule has 23 heavy (non-hydrogen) atoms. The van der Waals surface area contributed by atoms with Gasteiger partial charge >= 0.3 is 0 Å². The van der Waals surface area contributed by atoms with Gasteiger partial charge in [-0.3, -0.25) is 9.59 Å². The maximum absolute atomic E-state index is 12.2. The zero-order valence-electron chi connectivity index (χ0n) is 13.4. The number of nitrogens with zero attached hydrogens (tertiary/aromatic N) is 1. The molecule has 0 saturated heterocycles. The van der Waals surface area contributed by atoms with E-state index < -0.39 is 6.04 Å². The lowest BCUT2D eigenvalue weighted by atomic mass is 10.0. The quantitative estimate of drug-likeness (QED) is 0.788. The molecule has 0 aliphatic rings. The molecule has 2 aromatic heterocycles. The second-order valence-corrected chi connectivity index (χ2v) is 6.52. The predicted octanol–water partition coefficient (Wildman–Crippen LogP) is 3.31. The number of carbonyl (C=O) groups excluding carboxylic acids is 2. The smallest absolute Gasteiger partial charge is 0.287 e. The Labute approximate surface area is 139 Å². The number of pyridine rings is 1. The number of furan rings is 1. The van der Waals surface area contributed by atoms with Gasteiger partial charge in [0.1, 0.15) is 5.76 Å². The van der Waals surface area contributed by atoms with Gasteiger partial charge in [0, 0.05) is 6.20 Å². The van der Waals surface area contributed by atoms with Gasteiger partial charge in [0.05, 0.1) is 16.8 Å². The first-order valence-corrected chi connectivity index (χ1v) is 8.39. The van der Waals surface area contributed by atoms with Crippen molar-refractivity contribution in [3.05, 3.63) is 48.0 Å². The van der Waals surface area contributed by atoms with E-state index in [1.54, 1.807) is 18.3 Å². The third-order valence-electron chi connectivity index (χ3n) is 3.28. The first kappa shape index (κ1) is 17.3. The second-order valence-electron chi connectivity index (χ2n) is 5.53. The Hall–Kier alpha value is -2.08. The van der Waals surface area contributed by atoms with Crippen LogP contribution in [0.1, 0.15) is 37.1 Å². The molecule has 2 heterocycles. The van der Waals surface area contributed by atoms with Crippen LogP contribution in [0, 0.1) is 5.92 Å². The molecule has 6 heteroatoms. The van der Waals surface area contributed by atoms with E-state index in [4.69, 9.17) is 4.42 Å². The summed E-state index contributed by atoms with van der Waals surface area (Å²) in [5.74, 6) is 1.10.